The first-order valence-corrected chi connectivity index (χ1v) is 8.26. The number of carbonyl (C=O) groups excluding carboxylic acids is 2. The highest BCUT2D eigenvalue weighted by Gasteiger charge is 2.34. The first kappa shape index (κ1) is 17.6. The first-order valence-electron chi connectivity index (χ1n) is 7.10. The molecule has 2 N–H and O–H groups in total. The molecule has 0 aromatic carbocycles. The van der Waals surface area contributed by atoms with Crippen LogP contribution in [-0.2, 0) is 9.59 Å². The fourth-order valence-electron chi connectivity index (χ4n) is 2.54. The lowest BCUT2D eigenvalue weighted by molar-refractivity contribution is -0.138. The summed E-state index contributed by atoms with van der Waals surface area (Å²) in [6.07, 6.45) is 3.50. The monoisotopic (exact) mass is 321 g/mol. The third kappa shape index (κ3) is 4.53. The number of hydrogen-bond acceptors (Lipinski definition) is 4. The molecule has 0 aromatic rings. The summed E-state index contributed by atoms with van der Waals surface area (Å²) in [7, 11) is 0. The minimum atomic E-state index is -0.272. The summed E-state index contributed by atoms with van der Waals surface area (Å²) in [6, 6.07) is -0.0547. The number of amides is 2. The van der Waals surface area contributed by atoms with Gasteiger partial charge in [-0.05, 0) is 25.8 Å². The van der Waals surface area contributed by atoms with Crippen LogP contribution in [0.4, 0.5) is 0 Å². The van der Waals surface area contributed by atoms with Gasteiger partial charge in [-0.3, -0.25) is 9.59 Å². The van der Waals surface area contributed by atoms with Gasteiger partial charge in [0.05, 0.1) is 5.88 Å². The molecule has 2 aliphatic rings. The Morgan fingerprint density at radius 1 is 1.45 bits per heavy atom. The molecule has 116 valence electrons. The molecule has 7 heteroatoms. The highest BCUT2D eigenvalue weighted by Crippen LogP contribution is 2.22. The molecule has 2 unspecified atom stereocenters. The van der Waals surface area contributed by atoms with Crippen LogP contribution >= 0.6 is 24.2 Å². The summed E-state index contributed by atoms with van der Waals surface area (Å²) in [5, 5.41) is 6.36. The van der Waals surface area contributed by atoms with E-state index in [9.17, 15) is 9.59 Å². The van der Waals surface area contributed by atoms with Crippen LogP contribution in [0, 0.1) is 0 Å². The summed E-state index contributed by atoms with van der Waals surface area (Å²) in [4.78, 5) is 26.0. The second-order valence-electron chi connectivity index (χ2n) is 5.18. The Kier molecular flexibility index (Phi) is 7.69. The average Bonchev–Trinajstić information content (AvgIpc) is 2.89. The van der Waals surface area contributed by atoms with E-state index >= 15 is 0 Å². The second-order valence-corrected chi connectivity index (χ2v) is 6.18. The van der Waals surface area contributed by atoms with Crippen LogP contribution in [0.15, 0.2) is 0 Å². The van der Waals surface area contributed by atoms with Crippen molar-refractivity contribution in [1.82, 2.24) is 15.5 Å². The lowest BCUT2D eigenvalue weighted by Gasteiger charge is -2.28. The Morgan fingerprint density at radius 3 is 2.90 bits per heavy atom. The molecule has 0 radical (unpaired) electrons. The Balaban J connectivity index is 0.00000200. The van der Waals surface area contributed by atoms with Crippen LogP contribution in [0.25, 0.3) is 0 Å². The highest BCUT2D eigenvalue weighted by molar-refractivity contribution is 7.99. The van der Waals surface area contributed by atoms with Gasteiger partial charge in [0.15, 0.2) is 0 Å². The van der Waals surface area contributed by atoms with Gasteiger partial charge in [0, 0.05) is 24.8 Å². The SMILES string of the molecule is CCCC(=O)N1CSCC1C(=O)NC1CCCNC1.Cl. The Bertz CT molecular complexity index is 338. The topological polar surface area (TPSA) is 61.4 Å². The maximum Gasteiger partial charge on any atom is 0.243 e. The van der Waals surface area contributed by atoms with E-state index in [0.717, 1.165) is 38.1 Å². The first-order chi connectivity index (χ1) is 9.22. The molecule has 0 aliphatic carbocycles. The standard InChI is InChI=1S/C13H23N3O2S.ClH/c1-2-4-12(17)16-9-19-8-11(16)13(18)15-10-5-3-6-14-7-10;/h10-11,14H,2-9H2,1H3,(H,15,18);1H. The highest BCUT2D eigenvalue weighted by atomic mass is 35.5. The van der Waals surface area contributed by atoms with E-state index in [1.54, 1.807) is 16.7 Å². The van der Waals surface area contributed by atoms with E-state index in [4.69, 9.17) is 0 Å². The Morgan fingerprint density at radius 2 is 2.25 bits per heavy atom. The summed E-state index contributed by atoms with van der Waals surface area (Å²) in [5.41, 5.74) is 0. The number of thioether (sulfide) groups is 1. The fourth-order valence-corrected chi connectivity index (χ4v) is 3.72. The van der Waals surface area contributed by atoms with Gasteiger partial charge in [0.1, 0.15) is 6.04 Å². The van der Waals surface area contributed by atoms with E-state index in [1.165, 1.54) is 0 Å². The molecular weight excluding hydrogens is 298 g/mol. The third-order valence-electron chi connectivity index (χ3n) is 3.61. The fraction of sp³-hybridized carbons (Fsp3) is 0.846. The second kappa shape index (κ2) is 8.74. The quantitative estimate of drug-likeness (QED) is 0.810. The van der Waals surface area contributed by atoms with Crippen LogP contribution in [0.1, 0.15) is 32.6 Å². The molecule has 0 saturated carbocycles. The number of rotatable bonds is 4. The smallest absolute Gasteiger partial charge is 0.243 e. The molecule has 0 spiro atoms. The predicted molar refractivity (Wildman–Crippen MR) is 84.1 cm³/mol. The zero-order valence-corrected chi connectivity index (χ0v) is 13.5. The van der Waals surface area contributed by atoms with E-state index < -0.39 is 0 Å². The summed E-state index contributed by atoms with van der Waals surface area (Å²) in [6.45, 7) is 3.87. The summed E-state index contributed by atoms with van der Waals surface area (Å²) >= 11 is 1.66. The zero-order valence-electron chi connectivity index (χ0n) is 11.9. The number of carbonyl (C=O) groups is 2. The van der Waals surface area contributed by atoms with Crippen LogP contribution in [-0.4, -0.2) is 53.5 Å². The number of nitrogens with one attached hydrogen (secondary N) is 2. The van der Waals surface area contributed by atoms with E-state index in [0.29, 0.717) is 12.3 Å². The molecule has 2 aliphatic heterocycles. The minimum absolute atomic E-state index is 0. The summed E-state index contributed by atoms with van der Waals surface area (Å²) in [5.74, 6) is 1.50. The van der Waals surface area contributed by atoms with E-state index in [2.05, 4.69) is 10.6 Å². The Labute approximate surface area is 131 Å². The summed E-state index contributed by atoms with van der Waals surface area (Å²) < 4.78 is 0. The number of piperidine rings is 1. The van der Waals surface area contributed by atoms with E-state index in [-0.39, 0.29) is 36.3 Å². The molecule has 20 heavy (non-hydrogen) atoms. The van der Waals surface area contributed by atoms with Gasteiger partial charge < -0.3 is 15.5 Å². The van der Waals surface area contributed by atoms with Crippen LogP contribution in [0.2, 0.25) is 0 Å². The van der Waals surface area contributed by atoms with Gasteiger partial charge in [-0.2, -0.15) is 0 Å². The minimum Gasteiger partial charge on any atom is -0.350 e. The van der Waals surface area contributed by atoms with Gasteiger partial charge in [0.2, 0.25) is 11.8 Å². The van der Waals surface area contributed by atoms with Gasteiger partial charge in [-0.25, -0.2) is 0 Å². The van der Waals surface area contributed by atoms with Crippen molar-refractivity contribution in [2.24, 2.45) is 0 Å². The van der Waals surface area contributed by atoms with Gasteiger partial charge in [0.25, 0.3) is 0 Å². The number of nitrogens with zero attached hydrogens (tertiary/aromatic N) is 1. The van der Waals surface area contributed by atoms with Crippen molar-refractivity contribution in [3.8, 4) is 0 Å². The van der Waals surface area contributed by atoms with Crippen molar-refractivity contribution >= 4 is 36.0 Å². The molecule has 5 nitrogen and oxygen atoms in total. The maximum absolute atomic E-state index is 12.3. The lowest BCUT2D eigenvalue weighted by atomic mass is 10.1. The number of hydrogen-bond donors (Lipinski definition) is 2. The van der Waals surface area contributed by atoms with Gasteiger partial charge in [-0.1, -0.05) is 6.92 Å². The normalized spacial score (nSPS) is 25.9. The zero-order chi connectivity index (χ0) is 13.7. The van der Waals surface area contributed by atoms with Gasteiger partial charge in [-0.15, -0.1) is 24.2 Å². The van der Waals surface area contributed by atoms with Crippen molar-refractivity contribution in [2.45, 2.75) is 44.7 Å². The molecule has 2 rings (SSSR count). The molecule has 2 heterocycles. The van der Waals surface area contributed by atoms with Gasteiger partial charge >= 0.3 is 0 Å². The Hall–Kier alpha value is -0.460. The predicted octanol–water partition coefficient (Wildman–Crippen LogP) is 0.978. The van der Waals surface area contributed by atoms with Crippen molar-refractivity contribution < 1.29 is 9.59 Å². The van der Waals surface area contributed by atoms with Crippen molar-refractivity contribution in [3.63, 3.8) is 0 Å². The molecule has 2 atom stereocenters. The van der Waals surface area contributed by atoms with Crippen LogP contribution in [0.5, 0.6) is 0 Å². The van der Waals surface area contributed by atoms with Crippen molar-refractivity contribution in [3.05, 3.63) is 0 Å². The van der Waals surface area contributed by atoms with Crippen molar-refractivity contribution in [2.75, 3.05) is 24.7 Å². The molecule has 0 aromatic heterocycles. The average molecular weight is 322 g/mol. The molecule has 2 saturated heterocycles. The van der Waals surface area contributed by atoms with Crippen molar-refractivity contribution in [1.29, 1.82) is 0 Å². The number of halogens is 1. The molecule has 2 amide bonds. The maximum atomic E-state index is 12.3. The van der Waals surface area contributed by atoms with Crippen LogP contribution in [0.3, 0.4) is 0 Å². The largest absolute Gasteiger partial charge is 0.350 e. The van der Waals surface area contributed by atoms with Crippen LogP contribution < -0.4 is 10.6 Å². The molecule has 2 fully saturated rings. The third-order valence-corrected chi connectivity index (χ3v) is 4.62. The lowest BCUT2D eigenvalue weighted by Crippen LogP contribution is -2.53. The molecule has 0 bridgehead atoms. The van der Waals surface area contributed by atoms with E-state index in [1.807, 2.05) is 6.92 Å². The molecular formula is C13H24ClN3O2S.